The van der Waals surface area contributed by atoms with Gasteiger partial charge in [-0.2, -0.15) is 0 Å². The highest BCUT2D eigenvalue weighted by molar-refractivity contribution is 7.74. The average Bonchev–Trinajstić information content (AvgIpc) is 2.94. The highest BCUT2D eigenvalue weighted by Crippen LogP contribution is 2.50. The van der Waals surface area contributed by atoms with Gasteiger partial charge in [0.2, 0.25) is 0 Å². The van der Waals surface area contributed by atoms with E-state index >= 15 is 0 Å². The number of thiol groups is 1. The predicted octanol–water partition coefficient (Wildman–Crippen LogP) is 7.98. The van der Waals surface area contributed by atoms with Gasteiger partial charge in [-0.3, -0.25) is 0 Å². The average molecular weight is 369 g/mol. The standard InChI is InChI=1S/C19H16.C3H8.C2H6.H2OS/c1-19(2)16-10-6-5-9-15(16)18-14-8-4-3-7-13(14)11-12-17(18)19;1-3-2;2*1-2/h3-12H,1-2H3;3H2,1-2H3;1-2H3;1-2H. The fraction of sp³-hybridized carbons (Fsp3) is 0.333. The number of hydrogen-bond acceptors (Lipinski definition) is 2. The highest BCUT2D eigenvalue weighted by atomic mass is 32.1. The van der Waals surface area contributed by atoms with E-state index in [0.29, 0.717) is 0 Å². The van der Waals surface area contributed by atoms with E-state index in [-0.39, 0.29) is 5.41 Å². The molecule has 0 heterocycles. The zero-order chi connectivity index (χ0) is 19.7. The molecule has 0 aliphatic heterocycles. The number of benzene rings is 3. The maximum Gasteiger partial charge on any atom is 0.0159 e. The molecule has 0 fully saturated rings. The van der Waals surface area contributed by atoms with Crippen LogP contribution in [0, 0.1) is 0 Å². The fourth-order valence-electron chi connectivity index (χ4n) is 3.47. The SMILES string of the molecule is CC.CC1(C)c2ccccc2-c2c1ccc1ccccc21.CCC.OS. The van der Waals surface area contributed by atoms with Crippen LogP contribution in [-0.4, -0.2) is 4.55 Å². The maximum absolute atomic E-state index is 6.69. The van der Waals surface area contributed by atoms with Crippen molar-refractivity contribution in [2.45, 2.75) is 53.4 Å². The van der Waals surface area contributed by atoms with Gasteiger partial charge in [-0.1, -0.05) is 109 Å². The summed E-state index contributed by atoms with van der Waals surface area (Å²) < 4.78 is 6.69. The van der Waals surface area contributed by atoms with Crippen molar-refractivity contribution in [2.24, 2.45) is 0 Å². The molecular formula is C24H32OS. The van der Waals surface area contributed by atoms with Crippen LogP contribution in [0.5, 0.6) is 0 Å². The molecule has 0 saturated heterocycles. The first-order valence-electron chi connectivity index (χ1n) is 9.43. The van der Waals surface area contributed by atoms with Gasteiger partial charge in [0, 0.05) is 5.41 Å². The summed E-state index contributed by atoms with van der Waals surface area (Å²) in [6, 6.07) is 22.1. The Morgan fingerprint density at radius 3 is 1.96 bits per heavy atom. The summed E-state index contributed by atoms with van der Waals surface area (Å²) in [5.41, 5.74) is 5.84. The zero-order valence-corrected chi connectivity index (χ0v) is 17.8. The smallest absolute Gasteiger partial charge is 0.0159 e. The Balaban J connectivity index is 0.000000431. The summed E-state index contributed by atoms with van der Waals surface area (Å²) in [6.07, 6.45) is 1.25. The van der Waals surface area contributed by atoms with Crippen LogP contribution in [-0.2, 0) is 5.41 Å². The molecule has 0 aromatic heterocycles. The molecule has 1 aliphatic carbocycles. The summed E-state index contributed by atoms with van der Waals surface area (Å²) in [7, 11) is 0. The second-order valence-corrected chi connectivity index (χ2v) is 6.59. The molecule has 0 unspecified atom stereocenters. The first-order valence-corrected chi connectivity index (χ1v) is 9.83. The zero-order valence-electron chi connectivity index (χ0n) is 16.9. The van der Waals surface area contributed by atoms with Crippen LogP contribution in [0.4, 0.5) is 0 Å². The molecule has 0 atom stereocenters. The van der Waals surface area contributed by atoms with E-state index in [1.165, 1.54) is 39.4 Å². The summed E-state index contributed by atoms with van der Waals surface area (Å²) in [5, 5.41) is 2.70. The molecule has 1 nitrogen and oxygen atoms in total. The Labute approximate surface area is 164 Å². The van der Waals surface area contributed by atoms with Gasteiger partial charge in [-0.15, -0.1) is 0 Å². The second kappa shape index (κ2) is 10.4. The Hall–Kier alpha value is -1.77. The third-order valence-electron chi connectivity index (χ3n) is 4.47. The van der Waals surface area contributed by atoms with Gasteiger partial charge in [0.25, 0.3) is 0 Å². The number of fused-ring (bicyclic) bond motifs is 5. The molecule has 0 saturated carbocycles. The molecule has 2 heteroatoms. The molecule has 4 rings (SSSR count). The van der Waals surface area contributed by atoms with Gasteiger partial charge in [0.1, 0.15) is 0 Å². The van der Waals surface area contributed by atoms with Gasteiger partial charge in [0.05, 0.1) is 0 Å². The molecule has 3 aromatic rings. The minimum absolute atomic E-state index is 0.107. The van der Waals surface area contributed by atoms with Crippen LogP contribution in [0.1, 0.15) is 59.1 Å². The molecule has 0 amide bonds. The summed E-state index contributed by atoms with van der Waals surface area (Å²) in [6.45, 7) is 12.9. The molecule has 1 aliphatic rings. The van der Waals surface area contributed by atoms with Gasteiger partial charge in [0.15, 0.2) is 0 Å². The van der Waals surface area contributed by atoms with Crippen LogP contribution in [0.25, 0.3) is 21.9 Å². The lowest BCUT2D eigenvalue weighted by Gasteiger charge is -2.21. The summed E-state index contributed by atoms with van der Waals surface area (Å²) in [5.74, 6) is 0. The Bertz CT molecular complexity index is 821. The van der Waals surface area contributed by atoms with Gasteiger partial charge < -0.3 is 4.55 Å². The molecule has 0 radical (unpaired) electrons. The van der Waals surface area contributed by atoms with E-state index in [1.54, 1.807) is 0 Å². The van der Waals surface area contributed by atoms with E-state index in [1.807, 2.05) is 13.8 Å². The van der Waals surface area contributed by atoms with E-state index in [0.717, 1.165) is 0 Å². The van der Waals surface area contributed by atoms with Crippen molar-refractivity contribution in [2.75, 3.05) is 0 Å². The Kier molecular flexibility index (Phi) is 8.91. The lowest BCUT2D eigenvalue weighted by Crippen LogP contribution is -2.14. The van der Waals surface area contributed by atoms with Crippen molar-refractivity contribution in [1.82, 2.24) is 0 Å². The van der Waals surface area contributed by atoms with E-state index in [4.69, 9.17) is 4.55 Å². The third-order valence-corrected chi connectivity index (χ3v) is 4.47. The summed E-state index contributed by atoms with van der Waals surface area (Å²) in [4.78, 5) is 0. The molecule has 140 valence electrons. The first kappa shape index (κ1) is 22.3. The summed E-state index contributed by atoms with van der Waals surface area (Å²) >= 11 is 2.53. The number of hydrogen-bond donors (Lipinski definition) is 2. The molecular weight excluding hydrogens is 336 g/mol. The quantitative estimate of drug-likeness (QED) is 0.304. The van der Waals surface area contributed by atoms with Crippen molar-refractivity contribution >= 4 is 23.7 Å². The molecule has 26 heavy (non-hydrogen) atoms. The van der Waals surface area contributed by atoms with Gasteiger partial charge >= 0.3 is 0 Å². The minimum Gasteiger partial charge on any atom is -0.333 e. The van der Waals surface area contributed by atoms with Crippen molar-refractivity contribution in [1.29, 1.82) is 0 Å². The largest absolute Gasteiger partial charge is 0.333 e. The third kappa shape index (κ3) is 4.13. The first-order chi connectivity index (χ1) is 12.6. The molecule has 3 aromatic carbocycles. The van der Waals surface area contributed by atoms with Crippen molar-refractivity contribution < 1.29 is 4.55 Å². The molecule has 1 N–H and O–H groups in total. The van der Waals surface area contributed by atoms with Crippen LogP contribution >= 0.6 is 12.9 Å². The Morgan fingerprint density at radius 2 is 1.31 bits per heavy atom. The minimum atomic E-state index is 0.107. The van der Waals surface area contributed by atoms with E-state index in [2.05, 4.69) is 101 Å². The van der Waals surface area contributed by atoms with Crippen LogP contribution in [0.2, 0.25) is 0 Å². The molecule has 0 bridgehead atoms. The van der Waals surface area contributed by atoms with Gasteiger partial charge in [-0.25, -0.2) is 0 Å². The number of rotatable bonds is 0. The lowest BCUT2D eigenvalue weighted by molar-refractivity contribution is 0.661. The predicted molar refractivity (Wildman–Crippen MR) is 120 cm³/mol. The van der Waals surface area contributed by atoms with E-state index in [9.17, 15) is 0 Å². The lowest BCUT2D eigenvalue weighted by atomic mass is 9.82. The van der Waals surface area contributed by atoms with Crippen LogP contribution in [0.15, 0.2) is 60.7 Å². The van der Waals surface area contributed by atoms with Crippen molar-refractivity contribution in [3.63, 3.8) is 0 Å². The van der Waals surface area contributed by atoms with Crippen LogP contribution in [0.3, 0.4) is 0 Å². The van der Waals surface area contributed by atoms with Crippen molar-refractivity contribution in [3.8, 4) is 11.1 Å². The van der Waals surface area contributed by atoms with Crippen LogP contribution < -0.4 is 0 Å². The van der Waals surface area contributed by atoms with Crippen molar-refractivity contribution in [3.05, 3.63) is 71.8 Å². The topological polar surface area (TPSA) is 20.2 Å². The second-order valence-electron chi connectivity index (χ2n) is 6.59. The van der Waals surface area contributed by atoms with E-state index < -0.39 is 0 Å². The highest BCUT2D eigenvalue weighted by Gasteiger charge is 2.35. The van der Waals surface area contributed by atoms with Gasteiger partial charge in [-0.05, 0) is 45.9 Å². The maximum atomic E-state index is 6.69. The normalized spacial score (nSPS) is 12.3. The monoisotopic (exact) mass is 368 g/mol. The molecule has 0 spiro atoms. The Morgan fingerprint density at radius 1 is 0.769 bits per heavy atom. The fourth-order valence-corrected chi connectivity index (χ4v) is 3.47.